The fourth-order valence-electron chi connectivity index (χ4n) is 3.28. The molecule has 0 unspecified atom stereocenters. The molecular weight excluding hydrogens is 414 g/mol. The molecule has 166 valence electrons. The van der Waals surface area contributed by atoms with Gasteiger partial charge >= 0.3 is 11.9 Å². The lowest BCUT2D eigenvalue weighted by atomic mass is 10.2. The number of para-hydroxylation sites is 2. The fourth-order valence-corrected chi connectivity index (χ4v) is 3.28. The Hall–Kier alpha value is -4.14. The Bertz CT molecular complexity index is 1140. The number of benzene rings is 2. The summed E-state index contributed by atoms with van der Waals surface area (Å²) in [7, 11) is 1.28. The molecule has 9 nitrogen and oxygen atoms in total. The second-order valence-electron chi connectivity index (χ2n) is 6.94. The van der Waals surface area contributed by atoms with Crippen molar-refractivity contribution in [2.75, 3.05) is 25.2 Å². The summed E-state index contributed by atoms with van der Waals surface area (Å²) in [5.74, 6) is -2.20. The van der Waals surface area contributed by atoms with Crippen LogP contribution < -0.4 is 10.6 Å². The van der Waals surface area contributed by atoms with Gasteiger partial charge < -0.3 is 24.7 Å². The van der Waals surface area contributed by atoms with E-state index in [2.05, 4.69) is 0 Å². The predicted molar refractivity (Wildman–Crippen MR) is 117 cm³/mol. The largest absolute Gasteiger partial charge is 0.465 e. The maximum absolute atomic E-state index is 12.7. The molecule has 3 rings (SSSR count). The minimum Gasteiger partial charge on any atom is -0.465 e. The van der Waals surface area contributed by atoms with Crippen molar-refractivity contribution in [3.05, 3.63) is 66.4 Å². The Morgan fingerprint density at radius 1 is 1.00 bits per heavy atom. The molecule has 0 saturated carbocycles. The van der Waals surface area contributed by atoms with Crippen molar-refractivity contribution >= 4 is 40.3 Å². The first-order valence-corrected chi connectivity index (χ1v) is 9.86. The molecule has 0 aliphatic rings. The normalized spacial score (nSPS) is 10.5. The van der Waals surface area contributed by atoms with E-state index < -0.39 is 30.4 Å². The van der Waals surface area contributed by atoms with E-state index in [1.165, 1.54) is 18.2 Å². The summed E-state index contributed by atoms with van der Waals surface area (Å²) in [6.45, 7) is -0.632. The molecular formula is C23H23N3O6. The molecule has 2 aromatic carbocycles. The third kappa shape index (κ3) is 5.31. The Kier molecular flexibility index (Phi) is 7.22. The summed E-state index contributed by atoms with van der Waals surface area (Å²) in [6.07, 6.45) is 1.49. The van der Waals surface area contributed by atoms with E-state index >= 15 is 0 Å². The quantitative estimate of drug-likeness (QED) is 0.510. The summed E-state index contributed by atoms with van der Waals surface area (Å²) >= 11 is 0. The van der Waals surface area contributed by atoms with E-state index in [1.807, 2.05) is 0 Å². The van der Waals surface area contributed by atoms with Gasteiger partial charge in [0.15, 0.2) is 6.61 Å². The van der Waals surface area contributed by atoms with Crippen molar-refractivity contribution in [2.24, 2.45) is 5.73 Å². The number of hydrogen-bond donors (Lipinski definition) is 1. The minimum absolute atomic E-state index is 0.0275. The van der Waals surface area contributed by atoms with Crippen molar-refractivity contribution in [3.8, 4) is 0 Å². The first-order chi connectivity index (χ1) is 15.4. The van der Waals surface area contributed by atoms with Gasteiger partial charge in [-0.05, 0) is 18.2 Å². The van der Waals surface area contributed by atoms with Gasteiger partial charge in [-0.25, -0.2) is 4.79 Å². The molecule has 9 heteroatoms. The van der Waals surface area contributed by atoms with Gasteiger partial charge in [0.2, 0.25) is 5.91 Å². The molecule has 2 amide bonds. The molecule has 2 N–H and O–H groups in total. The molecule has 0 radical (unpaired) electrons. The number of carbonyl (C=O) groups excluding carboxylic acids is 4. The number of hydrogen-bond acceptors (Lipinski definition) is 6. The minimum atomic E-state index is -0.654. The summed E-state index contributed by atoms with van der Waals surface area (Å²) in [6, 6.07) is 15.8. The van der Waals surface area contributed by atoms with Gasteiger partial charge in [0.25, 0.3) is 5.91 Å². The van der Waals surface area contributed by atoms with Gasteiger partial charge in [-0.1, -0.05) is 36.4 Å². The average Bonchev–Trinajstić information content (AvgIpc) is 3.16. The van der Waals surface area contributed by atoms with Crippen molar-refractivity contribution in [3.63, 3.8) is 0 Å². The zero-order chi connectivity index (χ0) is 23.1. The number of carbonyl (C=O) groups is 4. The number of amides is 2. The third-order valence-electron chi connectivity index (χ3n) is 4.80. The van der Waals surface area contributed by atoms with Crippen LogP contribution in [0.3, 0.4) is 0 Å². The summed E-state index contributed by atoms with van der Waals surface area (Å²) in [4.78, 5) is 49.7. The summed E-state index contributed by atoms with van der Waals surface area (Å²) in [5.41, 5.74) is 6.76. The fraction of sp³-hybridized carbons (Fsp3) is 0.217. The zero-order valence-corrected chi connectivity index (χ0v) is 17.5. The van der Waals surface area contributed by atoms with Crippen LogP contribution in [0.15, 0.2) is 60.8 Å². The smallest absolute Gasteiger partial charge is 0.340 e. The highest BCUT2D eigenvalue weighted by atomic mass is 16.5. The molecule has 0 bridgehead atoms. The predicted octanol–water partition coefficient (Wildman–Crippen LogP) is 1.88. The molecule has 3 aromatic rings. The highest BCUT2D eigenvalue weighted by Gasteiger charge is 2.20. The van der Waals surface area contributed by atoms with Crippen LogP contribution in [0.25, 0.3) is 10.9 Å². The number of aromatic nitrogens is 1. The SMILES string of the molecule is COC(=O)c1cn(CC(=O)OCC(=O)N(CCC(N)=O)c2ccccc2)c2ccccc12. The van der Waals surface area contributed by atoms with Crippen LogP contribution in [-0.2, 0) is 30.4 Å². The molecule has 0 saturated heterocycles. The molecule has 32 heavy (non-hydrogen) atoms. The van der Waals surface area contributed by atoms with E-state index in [-0.39, 0.29) is 19.5 Å². The molecule has 0 spiro atoms. The first-order valence-electron chi connectivity index (χ1n) is 9.86. The van der Waals surface area contributed by atoms with Gasteiger partial charge in [-0.3, -0.25) is 14.4 Å². The molecule has 0 aliphatic heterocycles. The Labute approximate surface area is 184 Å². The van der Waals surface area contributed by atoms with Crippen LogP contribution >= 0.6 is 0 Å². The average molecular weight is 437 g/mol. The van der Waals surface area contributed by atoms with Crippen LogP contribution in [0, 0.1) is 0 Å². The highest BCUT2D eigenvalue weighted by Crippen LogP contribution is 2.22. The van der Waals surface area contributed by atoms with Gasteiger partial charge in [-0.2, -0.15) is 0 Å². The van der Waals surface area contributed by atoms with E-state index in [1.54, 1.807) is 59.2 Å². The van der Waals surface area contributed by atoms with Gasteiger partial charge in [0.1, 0.15) is 6.54 Å². The molecule has 1 heterocycles. The number of anilines is 1. The monoisotopic (exact) mass is 437 g/mol. The van der Waals surface area contributed by atoms with Crippen molar-refractivity contribution < 1.29 is 28.7 Å². The van der Waals surface area contributed by atoms with Crippen LogP contribution in [-0.4, -0.2) is 48.6 Å². The number of esters is 2. The number of nitrogens with zero attached hydrogens (tertiary/aromatic N) is 2. The second kappa shape index (κ2) is 10.3. The maximum atomic E-state index is 12.7. The lowest BCUT2D eigenvalue weighted by molar-refractivity contribution is -0.148. The van der Waals surface area contributed by atoms with Crippen LogP contribution in [0.4, 0.5) is 5.69 Å². The molecule has 0 aliphatic carbocycles. The Morgan fingerprint density at radius 3 is 2.38 bits per heavy atom. The van der Waals surface area contributed by atoms with Gasteiger partial charge in [-0.15, -0.1) is 0 Å². The van der Waals surface area contributed by atoms with E-state index in [0.29, 0.717) is 22.2 Å². The van der Waals surface area contributed by atoms with Gasteiger partial charge in [0, 0.05) is 35.8 Å². The lowest BCUT2D eigenvalue weighted by Gasteiger charge is -2.22. The summed E-state index contributed by atoms with van der Waals surface area (Å²) in [5, 5.41) is 0.643. The van der Waals surface area contributed by atoms with Crippen LogP contribution in [0.2, 0.25) is 0 Å². The number of ether oxygens (including phenoxy) is 2. The topological polar surface area (TPSA) is 121 Å². The standard InChI is InChI=1S/C23H23N3O6/c1-31-23(30)18-13-25(19-10-6-5-9-17(18)19)14-22(29)32-15-21(28)26(12-11-20(24)27)16-7-3-2-4-8-16/h2-10,13H,11-12,14-15H2,1H3,(H2,24,27). The highest BCUT2D eigenvalue weighted by molar-refractivity contribution is 6.04. The van der Waals surface area contributed by atoms with E-state index in [0.717, 1.165) is 0 Å². The van der Waals surface area contributed by atoms with Crippen molar-refractivity contribution in [1.82, 2.24) is 4.57 Å². The number of methoxy groups -OCH3 is 1. The van der Waals surface area contributed by atoms with Crippen LogP contribution in [0.5, 0.6) is 0 Å². The Morgan fingerprint density at radius 2 is 1.69 bits per heavy atom. The second-order valence-corrected chi connectivity index (χ2v) is 6.94. The van der Waals surface area contributed by atoms with E-state index in [9.17, 15) is 19.2 Å². The van der Waals surface area contributed by atoms with Crippen LogP contribution in [0.1, 0.15) is 16.8 Å². The molecule has 0 fully saturated rings. The molecule has 1 aromatic heterocycles. The molecule has 0 atom stereocenters. The summed E-state index contributed by atoms with van der Waals surface area (Å²) < 4.78 is 11.5. The lowest BCUT2D eigenvalue weighted by Crippen LogP contribution is -2.37. The van der Waals surface area contributed by atoms with Crippen molar-refractivity contribution in [1.29, 1.82) is 0 Å². The van der Waals surface area contributed by atoms with Gasteiger partial charge in [0.05, 0.1) is 12.7 Å². The number of primary amides is 1. The zero-order valence-electron chi connectivity index (χ0n) is 17.5. The number of rotatable bonds is 9. The number of fused-ring (bicyclic) bond motifs is 1. The maximum Gasteiger partial charge on any atom is 0.340 e. The first kappa shape index (κ1) is 22.5. The van der Waals surface area contributed by atoms with E-state index in [4.69, 9.17) is 15.2 Å². The Balaban J connectivity index is 1.69. The number of nitrogens with two attached hydrogens (primary N) is 1. The van der Waals surface area contributed by atoms with Crippen molar-refractivity contribution in [2.45, 2.75) is 13.0 Å². The third-order valence-corrected chi connectivity index (χ3v) is 4.80.